The molecular weight excluding hydrogens is 492 g/mol. The van der Waals surface area contributed by atoms with Gasteiger partial charge in [-0.3, -0.25) is 9.36 Å². The van der Waals surface area contributed by atoms with Gasteiger partial charge >= 0.3 is 0 Å². The fourth-order valence-corrected chi connectivity index (χ4v) is 5.29. The van der Waals surface area contributed by atoms with E-state index >= 15 is 0 Å². The number of benzene rings is 2. The van der Waals surface area contributed by atoms with Gasteiger partial charge in [0.15, 0.2) is 10.8 Å². The van der Waals surface area contributed by atoms with E-state index < -0.39 is 0 Å². The van der Waals surface area contributed by atoms with Gasteiger partial charge in [0, 0.05) is 12.3 Å². The molecule has 9 nitrogen and oxygen atoms in total. The molecule has 0 bridgehead atoms. The second-order valence-corrected chi connectivity index (χ2v) is 10.00. The second kappa shape index (κ2) is 11.4. The quantitative estimate of drug-likeness (QED) is 0.151. The van der Waals surface area contributed by atoms with Crippen LogP contribution in [0.2, 0.25) is 0 Å². The van der Waals surface area contributed by atoms with Gasteiger partial charge in [0.25, 0.3) is 5.56 Å². The molecule has 0 atom stereocenters. The van der Waals surface area contributed by atoms with E-state index in [4.69, 9.17) is 9.97 Å². The third-order valence-corrected chi connectivity index (χ3v) is 7.36. The van der Waals surface area contributed by atoms with E-state index in [-0.39, 0.29) is 5.56 Å². The maximum Gasteiger partial charge on any atom is 0.270 e. The summed E-state index contributed by atoms with van der Waals surface area (Å²) in [6.45, 7) is 2.65. The smallest absolute Gasteiger partial charge is 0.270 e. The molecule has 11 heteroatoms. The average molecular weight is 517 g/mol. The Kier molecular flexibility index (Phi) is 7.67. The Hall–Kier alpha value is -3.57. The summed E-state index contributed by atoms with van der Waals surface area (Å²) in [6.07, 6.45) is 4.00. The molecule has 0 radical (unpaired) electrons. The predicted molar refractivity (Wildman–Crippen MR) is 141 cm³/mol. The van der Waals surface area contributed by atoms with Crippen molar-refractivity contribution in [3.63, 3.8) is 0 Å². The molecule has 2 aromatic carbocycles. The van der Waals surface area contributed by atoms with Crippen molar-refractivity contribution in [2.75, 3.05) is 5.75 Å². The SMILES string of the molecule is CCCSc1nc(Sc2nnnn2-c2ccccc2)c2ncc(=O)n(CCCc3ccccc3)c2n1. The molecule has 0 unspecified atom stereocenters. The molecule has 36 heavy (non-hydrogen) atoms. The molecule has 0 aliphatic heterocycles. The summed E-state index contributed by atoms with van der Waals surface area (Å²) in [4.78, 5) is 26.8. The van der Waals surface area contributed by atoms with Crippen LogP contribution in [0, 0.1) is 0 Å². The first kappa shape index (κ1) is 24.1. The van der Waals surface area contributed by atoms with Crippen LogP contribution in [-0.2, 0) is 13.0 Å². The molecule has 0 saturated heterocycles. The zero-order valence-corrected chi connectivity index (χ0v) is 21.3. The summed E-state index contributed by atoms with van der Waals surface area (Å²) < 4.78 is 3.36. The molecule has 3 heterocycles. The number of tetrazole rings is 1. The molecule has 5 aromatic rings. The van der Waals surface area contributed by atoms with Gasteiger partial charge in [-0.2, -0.15) is 4.68 Å². The van der Waals surface area contributed by atoms with Crippen LogP contribution in [-0.4, -0.2) is 45.5 Å². The minimum absolute atomic E-state index is 0.175. The van der Waals surface area contributed by atoms with E-state index in [1.165, 1.54) is 23.5 Å². The Morgan fingerprint density at radius 3 is 2.53 bits per heavy atom. The highest BCUT2D eigenvalue weighted by molar-refractivity contribution is 7.99. The minimum Gasteiger partial charge on any atom is -0.290 e. The second-order valence-electron chi connectivity index (χ2n) is 7.98. The van der Waals surface area contributed by atoms with E-state index in [9.17, 15) is 4.79 Å². The van der Waals surface area contributed by atoms with Crippen LogP contribution in [0.5, 0.6) is 0 Å². The van der Waals surface area contributed by atoms with Crippen LogP contribution in [0.4, 0.5) is 0 Å². The van der Waals surface area contributed by atoms with Crippen LogP contribution >= 0.6 is 23.5 Å². The monoisotopic (exact) mass is 516 g/mol. The van der Waals surface area contributed by atoms with Crippen molar-refractivity contribution < 1.29 is 0 Å². The van der Waals surface area contributed by atoms with Crippen molar-refractivity contribution in [1.29, 1.82) is 0 Å². The van der Waals surface area contributed by atoms with Crippen molar-refractivity contribution in [2.24, 2.45) is 0 Å². The number of aromatic nitrogens is 8. The Bertz CT molecular complexity index is 1510. The molecule has 182 valence electrons. The van der Waals surface area contributed by atoms with Gasteiger partial charge in [-0.1, -0.05) is 67.2 Å². The van der Waals surface area contributed by atoms with Crippen LogP contribution in [0.15, 0.2) is 87.0 Å². The first-order chi connectivity index (χ1) is 17.7. The van der Waals surface area contributed by atoms with Gasteiger partial charge in [0.1, 0.15) is 10.5 Å². The number of thioether (sulfide) groups is 1. The van der Waals surface area contributed by atoms with Gasteiger partial charge in [0.2, 0.25) is 5.16 Å². The van der Waals surface area contributed by atoms with Gasteiger partial charge in [0.05, 0.1) is 11.9 Å². The van der Waals surface area contributed by atoms with E-state index in [1.807, 2.05) is 48.5 Å². The predicted octanol–water partition coefficient (Wildman–Crippen LogP) is 4.45. The summed E-state index contributed by atoms with van der Waals surface area (Å²) in [5, 5.41) is 14.0. The zero-order valence-electron chi connectivity index (χ0n) is 19.7. The molecule has 0 saturated carbocycles. The maximum absolute atomic E-state index is 12.9. The first-order valence-corrected chi connectivity index (χ1v) is 13.5. The normalized spacial score (nSPS) is 11.2. The number of aryl methyl sites for hydroxylation is 2. The third-order valence-electron chi connectivity index (χ3n) is 5.39. The lowest BCUT2D eigenvalue weighted by atomic mass is 10.1. The highest BCUT2D eigenvalue weighted by Gasteiger charge is 2.19. The van der Waals surface area contributed by atoms with Gasteiger partial charge in [-0.15, -0.1) is 5.10 Å². The Morgan fingerprint density at radius 1 is 0.972 bits per heavy atom. The number of nitrogens with zero attached hydrogens (tertiary/aromatic N) is 8. The van der Waals surface area contributed by atoms with Gasteiger partial charge in [-0.25, -0.2) is 15.0 Å². The lowest BCUT2D eigenvalue weighted by Gasteiger charge is -2.12. The summed E-state index contributed by atoms with van der Waals surface area (Å²) >= 11 is 2.87. The minimum atomic E-state index is -0.175. The maximum atomic E-state index is 12.9. The molecule has 5 rings (SSSR count). The highest BCUT2D eigenvalue weighted by Crippen LogP contribution is 2.31. The van der Waals surface area contributed by atoms with Crippen molar-refractivity contribution in [1.82, 2.24) is 39.7 Å². The number of hydrogen-bond donors (Lipinski definition) is 0. The van der Waals surface area contributed by atoms with E-state index in [2.05, 4.69) is 39.6 Å². The number of rotatable bonds is 10. The molecule has 0 aliphatic carbocycles. The highest BCUT2D eigenvalue weighted by atomic mass is 32.2. The topological polar surface area (TPSA) is 104 Å². The van der Waals surface area contributed by atoms with Crippen LogP contribution in [0.1, 0.15) is 25.3 Å². The number of hydrogen-bond acceptors (Lipinski definition) is 9. The number of fused-ring (bicyclic) bond motifs is 1. The fraction of sp³-hybridized carbons (Fsp3) is 0.240. The Labute approximate surface area is 216 Å². The average Bonchev–Trinajstić information content (AvgIpc) is 3.38. The summed E-state index contributed by atoms with van der Waals surface area (Å²) in [5.41, 5.74) is 3.00. The van der Waals surface area contributed by atoms with Crippen molar-refractivity contribution >= 4 is 34.7 Å². The zero-order chi connectivity index (χ0) is 24.7. The fourth-order valence-electron chi connectivity index (χ4n) is 3.69. The standard InChI is InChI=1S/C25H24N8OS2/c1-2-16-35-24-27-22-21(26-17-20(34)32(22)15-9-12-18-10-5-3-6-11-18)23(28-24)36-25-29-30-31-33(25)19-13-7-4-8-14-19/h3-8,10-11,13-14,17H,2,9,12,15-16H2,1H3. The molecule has 0 amide bonds. The van der Waals surface area contributed by atoms with Crippen molar-refractivity contribution in [3.05, 3.63) is 82.8 Å². The molecule has 0 fully saturated rings. The Balaban J connectivity index is 1.52. The van der Waals surface area contributed by atoms with E-state index in [0.717, 1.165) is 30.7 Å². The summed E-state index contributed by atoms with van der Waals surface area (Å²) in [7, 11) is 0. The van der Waals surface area contributed by atoms with Crippen LogP contribution < -0.4 is 5.56 Å². The van der Waals surface area contributed by atoms with Gasteiger partial charge < -0.3 is 0 Å². The lowest BCUT2D eigenvalue weighted by molar-refractivity contribution is 0.629. The van der Waals surface area contributed by atoms with Crippen LogP contribution in [0.25, 0.3) is 16.9 Å². The van der Waals surface area contributed by atoms with E-state index in [1.54, 1.807) is 21.0 Å². The largest absolute Gasteiger partial charge is 0.290 e. The lowest BCUT2D eigenvalue weighted by Crippen LogP contribution is -2.22. The Morgan fingerprint density at radius 2 is 1.75 bits per heavy atom. The summed E-state index contributed by atoms with van der Waals surface area (Å²) in [6, 6.07) is 19.9. The molecule has 3 aromatic heterocycles. The van der Waals surface area contributed by atoms with E-state index in [0.29, 0.717) is 33.0 Å². The number of para-hydroxylation sites is 1. The molecular formula is C25H24N8OS2. The summed E-state index contributed by atoms with van der Waals surface area (Å²) in [5.74, 6) is 0.871. The molecule has 0 aliphatic rings. The van der Waals surface area contributed by atoms with Crippen molar-refractivity contribution in [3.8, 4) is 5.69 Å². The molecule has 0 spiro atoms. The van der Waals surface area contributed by atoms with Gasteiger partial charge in [-0.05, 0) is 59.1 Å². The molecule has 0 N–H and O–H groups in total. The van der Waals surface area contributed by atoms with Crippen LogP contribution in [0.3, 0.4) is 0 Å². The first-order valence-electron chi connectivity index (χ1n) is 11.7. The third kappa shape index (κ3) is 5.47. The van der Waals surface area contributed by atoms with Crippen molar-refractivity contribution in [2.45, 2.75) is 48.1 Å².